The molecule has 6 heteroatoms. The Morgan fingerprint density at radius 2 is 1.66 bits per heavy atom. The lowest BCUT2D eigenvalue weighted by molar-refractivity contribution is -0.137. The molecule has 0 saturated carbocycles. The van der Waals surface area contributed by atoms with Crippen LogP contribution in [-0.2, 0) is 17.9 Å². The van der Waals surface area contributed by atoms with Gasteiger partial charge in [-0.3, -0.25) is 4.90 Å². The van der Waals surface area contributed by atoms with E-state index in [1.165, 1.54) is 16.6 Å². The second kappa shape index (κ2) is 9.66. The molecular weight excluding hydrogens is 447 g/mol. The molecule has 4 aliphatic heterocycles. The van der Waals surface area contributed by atoms with E-state index in [2.05, 4.69) is 82.3 Å². The third kappa shape index (κ3) is 3.89. The lowest BCUT2D eigenvalue weighted by Gasteiger charge is -2.61. The molecule has 191 valence electrons. The first-order chi connectivity index (χ1) is 16.1. The molecule has 1 aromatic heterocycles. The van der Waals surface area contributed by atoms with E-state index in [4.69, 9.17) is 4.43 Å². The molecule has 5 heterocycles. The Labute approximate surface area is 216 Å². The largest absolute Gasteiger partial charge is 0.416 e. The topological polar surface area (TPSA) is 37.6 Å². The maximum absolute atomic E-state index is 10.8. The van der Waals surface area contributed by atoms with Crippen molar-refractivity contribution in [3.8, 4) is 0 Å². The first kappa shape index (κ1) is 27.0. The first-order valence-electron chi connectivity index (χ1n) is 13.7. The minimum atomic E-state index is -1.93. The molecule has 35 heavy (non-hydrogen) atoms. The van der Waals surface area contributed by atoms with Crippen LogP contribution in [0.3, 0.4) is 0 Å². The molecule has 1 N–H and O–H groups in total. The number of piperidine rings is 3. The third-order valence-electron chi connectivity index (χ3n) is 10.2. The van der Waals surface area contributed by atoms with Crippen molar-refractivity contribution in [3.63, 3.8) is 0 Å². The Balaban J connectivity index is 0.00000289. The van der Waals surface area contributed by atoms with Gasteiger partial charge in [0.05, 0.1) is 12.1 Å². The minimum Gasteiger partial charge on any atom is -0.416 e. The summed E-state index contributed by atoms with van der Waals surface area (Å²) in [7, 11) is 0.329. The van der Waals surface area contributed by atoms with Crippen LogP contribution in [0.15, 0.2) is 24.3 Å². The van der Waals surface area contributed by atoms with Crippen LogP contribution >= 0.6 is 0 Å². The number of aliphatic hydroxyl groups is 1. The van der Waals surface area contributed by atoms with Crippen molar-refractivity contribution in [3.05, 3.63) is 35.5 Å². The number of hydrogen-bond acceptors (Lipinski definition) is 3. The highest BCUT2D eigenvalue weighted by atomic mass is 28.4. The summed E-state index contributed by atoms with van der Waals surface area (Å²) in [5, 5.41) is 12.2. The van der Waals surface area contributed by atoms with E-state index in [1.54, 1.807) is 5.56 Å². The number of aliphatic hydroxyl groups excluding tert-OH is 1. The standard InChI is InChI=1S/C29H46N2O2Si.B/c1-17(2)34(18(3)4,19(5)6)33-16-25-22-13-28-29-23(21-11-9-10-12-26(21)30(29)8)14-27(25)31(28)15-24(22)20(7)32;/h9-12,17-20,22,24-25,27-28,32H,13-16H2,1-8H3;/t20?,22-,24-,25+,27-,28-;/m0./s1. The normalized spacial score (nSPS) is 30.7. The molecule has 0 amide bonds. The van der Waals surface area contributed by atoms with Gasteiger partial charge in [-0.2, -0.15) is 0 Å². The zero-order valence-electron chi connectivity index (χ0n) is 23.2. The highest BCUT2D eigenvalue weighted by Crippen LogP contribution is 2.56. The van der Waals surface area contributed by atoms with Crippen LogP contribution in [0.1, 0.15) is 72.2 Å². The number of fused-ring (bicyclic) bond motifs is 4. The van der Waals surface area contributed by atoms with Crippen LogP contribution in [0.4, 0.5) is 0 Å². The second-order valence-corrected chi connectivity index (χ2v) is 18.0. The van der Waals surface area contributed by atoms with Gasteiger partial charge in [0, 0.05) is 63.1 Å². The number of para-hydroxylation sites is 1. The van der Waals surface area contributed by atoms with Crippen molar-refractivity contribution < 1.29 is 9.53 Å². The molecule has 1 aromatic carbocycles. The van der Waals surface area contributed by atoms with E-state index in [0.29, 0.717) is 46.5 Å². The summed E-state index contributed by atoms with van der Waals surface area (Å²) < 4.78 is 9.69. The summed E-state index contributed by atoms with van der Waals surface area (Å²) in [6.45, 7) is 18.2. The van der Waals surface area contributed by atoms with Gasteiger partial charge in [-0.15, -0.1) is 0 Å². The summed E-state index contributed by atoms with van der Waals surface area (Å²) in [5.74, 6) is 1.38. The predicted octanol–water partition coefficient (Wildman–Crippen LogP) is 5.90. The van der Waals surface area contributed by atoms with Crippen LogP contribution < -0.4 is 0 Å². The molecular formula is C29H46BN2O2Si. The molecule has 6 rings (SSSR count). The molecule has 3 radical (unpaired) electrons. The summed E-state index contributed by atoms with van der Waals surface area (Å²) in [6.07, 6.45) is 2.01. The van der Waals surface area contributed by atoms with Crippen molar-refractivity contribution in [2.75, 3.05) is 13.2 Å². The summed E-state index contributed by atoms with van der Waals surface area (Å²) >= 11 is 0. The highest BCUT2D eigenvalue weighted by Gasteiger charge is 2.57. The molecule has 3 saturated heterocycles. The lowest BCUT2D eigenvalue weighted by atomic mass is 9.61. The Hall–Kier alpha value is -1.08. The van der Waals surface area contributed by atoms with Gasteiger partial charge < -0.3 is 14.1 Å². The number of aryl methyl sites for hydroxylation is 1. The molecule has 3 fully saturated rings. The molecule has 7 atom stereocenters. The Morgan fingerprint density at radius 3 is 2.26 bits per heavy atom. The second-order valence-electron chi connectivity index (χ2n) is 12.5. The number of benzene rings is 1. The van der Waals surface area contributed by atoms with Crippen molar-refractivity contribution >= 4 is 27.6 Å². The van der Waals surface area contributed by atoms with Gasteiger partial charge in [-0.05, 0) is 53.9 Å². The molecule has 0 aliphatic carbocycles. The molecule has 2 aromatic rings. The van der Waals surface area contributed by atoms with Crippen LogP contribution in [0.5, 0.6) is 0 Å². The first-order valence-corrected chi connectivity index (χ1v) is 15.9. The van der Waals surface area contributed by atoms with Crippen LogP contribution in [0.2, 0.25) is 16.6 Å². The monoisotopic (exact) mass is 493 g/mol. The van der Waals surface area contributed by atoms with E-state index in [9.17, 15) is 5.11 Å². The smallest absolute Gasteiger partial charge is 0.200 e. The zero-order valence-corrected chi connectivity index (χ0v) is 24.2. The van der Waals surface area contributed by atoms with E-state index in [0.717, 1.165) is 26.0 Å². The van der Waals surface area contributed by atoms with Crippen LogP contribution in [0, 0.1) is 17.8 Å². The fraction of sp³-hybridized carbons (Fsp3) is 0.724. The Kier molecular flexibility index (Phi) is 7.45. The summed E-state index contributed by atoms with van der Waals surface area (Å²) in [6, 6.07) is 9.96. The van der Waals surface area contributed by atoms with Gasteiger partial charge in [-0.1, -0.05) is 59.7 Å². The quantitative estimate of drug-likeness (QED) is 0.488. The third-order valence-corrected chi connectivity index (χ3v) is 16.3. The number of hydrogen-bond donors (Lipinski definition) is 1. The molecule has 4 aliphatic rings. The zero-order chi connectivity index (χ0) is 24.5. The van der Waals surface area contributed by atoms with Gasteiger partial charge in [-0.25, -0.2) is 0 Å². The Morgan fingerprint density at radius 1 is 1.03 bits per heavy atom. The molecule has 4 nitrogen and oxygen atoms in total. The molecule has 4 bridgehead atoms. The number of nitrogens with zero attached hydrogens (tertiary/aromatic N) is 2. The number of aromatic nitrogens is 1. The fourth-order valence-corrected chi connectivity index (χ4v) is 14.3. The molecule has 2 unspecified atom stereocenters. The van der Waals surface area contributed by atoms with Gasteiger partial charge in [0.2, 0.25) is 0 Å². The van der Waals surface area contributed by atoms with Crippen molar-refractivity contribution in [2.45, 2.75) is 96.1 Å². The fourth-order valence-electron chi connectivity index (χ4n) is 8.83. The maximum atomic E-state index is 10.8. The van der Waals surface area contributed by atoms with E-state index >= 15 is 0 Å². The average Bonchev–Trinajstić information content (AvgIpc) is 3.06. The molecule has 0 spiro atoms. The summed E-state index contributed by atoms with van der Waals surface area (Å²) in [5.41, 5.74) is 6.27. The van der Waals surface area contributed by atoms with E-state index in [-0.39, 0.29) is 14.5 Å². The van der Waals surface area contributed by atoms with Gasteiger partial charge in [0.1, 0.15) is 0 Å². The van der Waals surface area contributed by atoms with Gasteiger partial charge in [0.15, 0.2) is 8.32 Å². The van der Waals surface area contributed by atoms with Crippen molar-refractivity contribution in [1.82, 2.24) is 9.47 Å². The van der Waals surface area contributed by atoms with Gasteiger partial charge >= 0.3 is 0 Å². The highest BCUT2D eigenvalue weighted by molar-refractivity contribution is 6.77. The van der Waals surface area contributed by atoms with Crippen molar-refractivity contribution in [2.24, 2.45) is 24.8 Å². The van der Waals surface area contributed by atoms with Crippen LogP contribution in [0.25, 0.3) is 10.9 Å². The lowest BCUT2D eigenvalue weighted by Crippen LogP contribution is -2.65. The van der Waals surface area contributed by atoms with E-state index < -0.39 is 8.32 Å². The SMILES string of the molecule is CC(O)[C@@H]1CN2[C@H]3C[C@@H]1[C@@H](CO[Si](C(C)C)(C(C)C)C(C)C)[C@@H]2Cc1c3n(C)c2ccccc12.[B]. The summed E-state index contributed by atoms with van der Waals surface area (Å²) in [4.78, 5) is 2.77. The minimum absolute atomic E-state index is 0. The number of rotatable bonds is 7. The predicted molar refractivity (Wildman–Crippen MR) is 149 cm³/mol. The van der Waals surface area contributed by atoms with E-state index in [1.807, 2.05) is 6.92 Å². The van der Waals surface area contributed by atoms with Crippen LogP contribution in [-0.4, -0.2) is 56.6 Å². The Bertz CT molecular complexity index is 1030. The van der Waals surface area contributed by atoms with Gasteiger partial charge in [0.25, 0.3) is 0 Å². The van der Waals surface area contributed by atoms with Crippen molar-refractivity contribution in [1.29, 1.82) is 0 Å². The maximum Gasteiger partial charge on any atom is 0.200 e. The average molecular weight is 494 g/mol.